The van der Waals surface area contributed by atoms with Gasteiger partial charge in [0.1, 0.15) is 11.3 Å². The third kappa shape index (κ3) is 3.60. The molecule has 0 unspecified atom stereocenters. The highest BCUT2D eigenvalue weighted by molar-refractivity contribution is 7.13. The smallest absolute Gasteiger partial charge is 0.273 e. The number of rotatable bonds is 4. The van der Waals surface area contributed by atoms with Gasteiger partial charge in [0.05, 0.1) is 0 Å². The van der Waals surface area contributed by atoms with E-state index >= 15 is 0 Å². The zero-order chi connectivity index (χ0) is 18.8. The Morgan fingerprint density at radius 3 is 2.81 bits per heavy atom. The van der Waals surface area contributed by atoms with Crippen LogP contribution in [0.2, 0.25) is 0 Å². The first kappa shape index (κ1) is 17.7. The van der Waals surface area contributed by atoms with Crippen LogP contribution in [0.4, 0.5) is 0 Å². The summed E-state index contributed by atoms with van der Waals surface area (Å²) in [5, 5.41) is 6.36. The highest BCUT2D eigenvalue weighted by atomic mass is 32.1. The topological polar surface area (TPSA) is 75.4 Å². The van der Waals surface area contributed by atoms with E-state index in [9.17, 15) is 9.59 Å². The van der Waals surface area contributed by atoms with Crippen LogP contribution in [-0.4, -0.2) is 41.3 Å². The summed E-state index contributed by atoms with van der Waals surface area (Å²) in [6.07, 6.45) is 1.39. The molecule has 2 aromatic heterocycles. The summed E-state index contributed by atoms with van der Waals surface area (Å²) in [4.78, 5) is 31.0. The number of hydrogen-bond acceptors (Lipinski definition) is 5. The Balaban J connectivity index is 1.44. The molecular weight excluding hydrogens is 362 g/mol. The molecular formula is C20H21N3O3S. The van der Waals surface area contributed by atoms with Crippen molar-refractivity contribution in [3.63, 3.8) is 0 Å². The average Bonchev–Trinajstić information content (AvgIpc) is 3.34. The van der Waals surface area contributed by atoms with E-state index in [4.69, 9.17) is 4.42 Å². The van der Waals surface area contributed by atoms with Crippen molar-refractivity contribution in [3.05, 3.63) is 41.4 Å². The number of para-hydroxylation sites is 1. The van der Waals surface area contributed by atoms with Crippen molar-refractivity contribution in [2.75, 3.05) is 19.6 Å². The zero-order valence-corrected chi connectivity index (χ0v) is 15.9. The molecule has 3 heterocycles. The van der Waals surface area contributed by atoms with E-state index < -0.39 is 0 Å². The van der Waals surface area contributed by atoms with E-state index in [0.717, 1.165) is 11.0 Å². The molecule has 0 aliphatic carbocycles. The van der Waals surface area contributed by atoms with E-state index in [-0.39, 0.29) is 17.7 Å². The number of furan rings is 1. The maximum atomic E-state index is 12.8. The van der Waals surface area contributed by atoms with Crippen LogP contribution in [0, 0.1) is 5.92 Å². The Morgan fingerprint density at radius 2 is 2.07 bits per heavy atom. The number of nitrogens with one attached hydrogen (secondary N) is 1. The van der Waals surface area contributed by atoms with Crippen LogP contribution in [-0.2, 0) is 4.79 Å². The second kappa shape index (κ2) is 7.52. The van der Waals surface area contributed by atoms with Gasteiger partial charge in [-0.15, -0.1) is 11.3 Å². The average molecular weight is 383 g/mol. The molecule has 1 N–H and O–H groups in total. The Hall–Kier alpha value is -2.67. The Morgan fingerprint density at radius 1 is 1.30 bits per heavy atom. The lowest BCUT2D eigenvalue weighted by Crippen LogP contribution is -2.43. The van der Waals surface area contributed by atoms with Gasteiger partial charge in [-0.25, -0.2) is 4.98 Å². The van der Waals surface area contributed by atoms with Gasteiger partial charge >= 0.3 is 0 Å². The first-order valence-corrected chi connectivity index (χ1v) is 10.0. The molecule has 1 aliphatic heterocycles. The third-order valence-corrected chi connectivity index (χ3v) is 5.72. The molecule has 140 valence electrons. The number of benzene rings is 1. The summed E-state index contributed by atoms with van der Waals surface area (Å²) >= 11 is 1.41. The number of hydrogen-bond donors (Lipinski definition) is 1. The van der Waals surface area contributed by atoms with E-state index in [0.29, 0.717) is 48.9 Å². The summed E-state index contributed by atoms with van der Waals surface area (Å²) in [5.41, 5.74) is 1.25. The molecule has 1 aromatic carbocycles. The molecule has 7 heteroatoms. The number of carbonyl (C=O) groups excluding carboxylic acids is 2. The number of amides is 2. The fourth-order valence-corrected chi connectivity index (χ4v) is 4.14. The number of nitrogens with zero attached hydrogens (tertiary/aromatic N) is 2. The lowest BCUT2D eigenvalue weighted by molar-refractivity contribution is -0.126. The third-order valence-electron chi connectivity index (χ3n) is 4.86. The van der Waals surface area contributed by atoms with Crippen molar-refractivity contribution < 1.29 is 14.0 Å². The summed E-state index contributed by atoms with van der Waals surface area (Å²) in [5.74, 6) is 0.680. The standard InChI is InChI=1S/C20H21N3O3S/c1-2-21-18(24)13-7-9-23(10-8-13)20(25)15-12-27-19(22-15)17-11-14-5-3-4-6-16(14)26-17/h3-6,11-13H,2,7-10H2,1H3,(H,21,24). The van der Waals surface area contributed by atoms with Gasteiger partial charge in [0.25, 0.3) is 5.91 Å². The number of aromatic nitrogens is 1. The molecule has 27 heavy (non-hydrogen) atoms. The maximum Gasteiger partial charge on any atom is 0.273 e. The van der Waals surface area contributed by atoms with E-state index in [1.54, 1.807) is 10.3 Å². The zero-order valence-electron chi connectivity index (χ0n) is 15.1. The Bertz CT molecular complexity index is 937. The van der Waals surface area contributed by atoms with Crippen LogP contribution < -0.4 is 5.32 Å². The molecule has 1 saturated heterocycles. The summed E-state index contributed by atoms with van der Waals surface area (Å²) < 4.78 is 5.83. The monoisotopic (exact) mass is 383 g/mol. The predicted octanol–water partition coefficient (Wildman–Crippen LogP) is 3.54. The Labute approximate surface area is 161 Å². The molecule has 6 nitrogen and oxygen atoms in total. The van der Waals surface area contributed by atoms with Gasteiger partial charge in [-0.05, 0) is 31.9 Å². The van der Waals surface area contributed by atoms with Gasteiger partial charge in [0.2, 0.25) is 5.91 Å². The van der Waals surface area contributed by atoms with Crippen LogP contribution in [0.15, 0.2) is 40.1 Å². The van der Waals surface area contributed by atoms with Crippen LogP contribution in [0.25, 0.3) is 21.7 Å². The minimum Gasteiger partial charge on any atom is -0.454 e. The summed E-state index contributed by atoms with van der Waals surface area (Å²) in [6.45, 7) is 3.72. The van der Waals surface area contributed by atoms with Crippen LogP contribution in [0.1, 0.15) is 30.3 Å². The van der Waals surface area contributed by atoms with E-state index in [1.165, 1.54) is 11.3 Å². The first-order chi connectivity index (χ1) is 13.2. The quantitative estimate of drug-likeness (QED) is 0.748. The lowest BCUT2D eigenvalue weighted by Gasteiger charge is -2.30. The number of piperidine rings is 1. The second-order valence-electron chi connectivity index (χ2n) is 6.65. The molecule has 0 bridgehead atoms. The number of thiazole rings is 1. The van der Waals surface area contributed by atoms with Crippen molar-refractivity contribution >= 4 is 34.1 Å². The molecule has 2 amide bonds. The fourth-order valence-electron chi connectivity index (χ4n) is 3.40. The van der Waals surface area contributed by atoms with Gasteiger partial charge in [0, 0.05) is 36.3 Å². The van der Waals surface area contributed by atoms with Gasteiger partial charge in [0.15, 0.2) is 10.8 Å². The minimum absolute atomic E-state index is 0.00413. The SMILES string of the molecule is CCNC(=O)C1CCN(C(=O)c2csc(-c3cc4ccccc4o3)n2)CC1. The molecule has 4 rings (SSSR count). The van der Waals surface area contributed by atoms with Crippen molar-refractivity contribution in [2.24, 2.45) is 5.92 Å². The van der Waals surface area contributed by atoms with Crippen molar-refractivity contribution in [1.29, 1.82) is 0 Å². The van der Waals surface area contributed by atoms with E-state index in [2.05, 4.69) is 10.3 Å². The van der Waals surface area contributed by atoms with Crippen LogP contribution >= 0.6 is 11.3 Å². The first-order valence-electron chi connectivity index (χ1n) is 9.17. The van der Waals surface area contributed by atoms with Crippen LogP contribution in [0.3, 0.4) is 0 Å². The van der Waals surface area contributed by atoms with Crippen LogP contribution in [0.5, 0.6) is 0 Å². The van der Waals surface area contributed by atoms with Gasteiger partial charge < -0.3 is 14.6 Å². The predicted molar refractivity (Wildman–Crippen MR) is 105 cm³/mol. The van der Waals surface area contributed by atoms with Crippen molar-refractivity contribution in [2.45, 2.75) is 19.8 Å². The largest absolute Gasteiger partial charge is 0.454 e. The number of fused-ring (bicyclic) bond motifs is 1. The summed E-state index contributed by atoms with van der Waals surface area (Å²) in [6, 6.07) is 9.73. The summed E-state index contributed by atoms with van der Waals surface area (Å²) in [7, 11) is 0. The molecule has 1 aliphatic rings. The van der Waals surface area contributed by atoms with Gasteiger partial charge in [-0.2, -0.15) is 0 Å². The molecule has 1 fully saturated rings. The molecule has 0 atom stereocenters. The van der Waals surface area contributed by atoms with Crippen molar-refractivity contribution in [1.82, 2.24) is 15.2 Å². The van der Waals surface area contributed by atoms with Crippen molar-refractivity contribution in [3.8, 4) is 10.8 Å². The highest BCUT2D eigenvalue weighted by Crippen LogP contribution is 2.30. The molecule has 0 radical (unpaired) electrons. The minimum atomic E-state index is -0.0806. The second-order valence-corrected chi connectivity index (χ2v) is 7.51. The maximum absolute atomic E-state index is 12.8. The van der Waals surface area contributed by atoms with Gasteiger partial charge in [-0.3, -0.25) is 9.59 Å². The number of likely N-dealkylation sites (tertiary alicyclic amines) is 1. The number of carbonyl (C=O) groups is 2. The lowest BCUT2D eigenvalue weighted by atomic mass is 9.96. The Kier molecular flexibility index (Phi) is 4.94. The van der Waals surface area contributed by atoms with E-state index in [1.807, 2.05) is 37.3 Å². The highest BCUT2D eigenvalue weighted by Gasteiger charge is 2.28. The molecule has 0 spiro atoms. The molecule has 0 saturated carbocycles. The van der Waals surface area contributed by atoms with Gasteiger partial charge in [-0.1, -0.05) is 18.2 Å². The fraction of sp³-hybridized carbons (Fsp3) is 0.350. The normalized spacial score (nSPS) is 15.2. The molecule has 3 aromatic rings.